The van der Waals surface area contributed by atoms with Crippen LogP contribution in [0.1, 0.15) is 17.0 Å². The number of anilines is 1. The molecule has 0 saturated carbocycles. The third-order valence-electron chi connectivity index (χ3n) is 4.44. The Balaban J connectivity index is 1.66. The smallest absolute Gasteiger partial charge is 0.339 e. The van der Waals surface area contributed by atoms with Crippen LogP contribution < -0.4 is 5.32 Å². The number of aryl methyl sites for hydroxylation is 2. The van der Waals surface area contributed by atoms with E-state index in [1.165, 1.54) is 29.1 Å². The number of amides is 1. The van der Waals surface area contributed by atoms with Crippen molar-refractivity contribution in [1.82, 2.24) is 24.7 Å². The highest BCUT2D eigenvalue weighted by Gasteiger charge is 2.35. The number of nitrogens with one attached hydrogen (secondary N) is 2. The second kappa shape index (κ2) is 6.73. The van der Waals surface area contributed by atoms with Crippen LogP contribution in [0.2, 0.25) is 0 Å². The summed E-state index contributed by atoms with van der Waals surface area (Å²) in [5.41, 5.74) is 1.56. The van der Waals surface area contributed by atoms with E-state index in [0.29, 0.717) is 16.7 Å². The van der Waals surface area contributed by atoms with E-state index >= 15 is 0 Å². The van der Waals surface area contributed by atoms with Crippen LogP contribution in [-0.4, -0.2) is 30.8 Å². The molecule has 7 nitrogen and oxygen atoms in total. The molecule has 0 spiro atoms. The van der Waals surface area contributed by atoms with Crippen molar-refractivity contribution in [3.05, 3.63) is 59.8 Å². The highest BCUT2D eigenvalue weighted by atomic mass is 19.4. The van der Waals surface area contributed by atoms with Crippen LogP contribution in [-0.2, 0) is 6.18 Å². The number of alkyl halides is 3. The molecular formula is C19H15F3N6O. The summed E-state index contributed by atoms with van der Waals surface area (Å²) in [5, 5.41) is 7.32. The number of halogens is 3. The fourth-order valence-electron chi connectivity index (χ4n) is 2.91. The maximum atomic E-state index is 13.2. The topological polar surface area (TPSA) is 88.5 Å². The van der Waals surface area contributed by atoms with Crippen molar-refractivity contribution in [2.75, 3.05) is 5.32 Å². The van der Waals surface area contributed by atoms with Crippen molar-refractivity contribution < 1.29 is 18.0 Å². The van der Waals surface area contributed by atoms with Gasteiger partial charge in [0.2, 0.25) is 0 Å². The summed E-state index contributed by atoms with van der Waals surface area (Å²) >= 11 is 0. The SMILES string of the molecule is Cc1cn(C(=O)Nc2cnc3[nH]c(-c4cccnc4C(F)(F)F)cc3c2)nc1C. The molecule has 4 heterocycles. The van der Waals surface area contributed by atoms with Crippen molar-refractivity contribution in [1.29, 1.82) is 0 Å². The molecule has 29 heavy (non-hydrogen) atoms. The number of carbonyl (C=O) groups excluding carboxylic acids is 1. The first kappa shape index (κ1) is 18.7. The first-order chi connectivity index (χ1) is 13.7. The van der Waals surface area contributed by atoms with Crippen molar-refractivity contribution in [2.45, 2.75) is 20.0 Å². The number of aromatic nitrogens is 5. The van der Waals surface area contributed by atoms with Crippen LogP contribution >= 0.6 is 0 Å². The Kier molecular flexibility index (Phi) is 4.33. The molecule has 4 rings (SSSR count). The lowest BCUT2D eigenvalue weighted by Crippen LogP contribution is -2.20. The Morgan fingerprint density at radius 2 is 2.00 bits per heavy atom. The van der Waals surface area contributed by atoms with E-state index in [1.807, 2.05) is 6.92 Å². The summed E-state index contributed by atoms with van der Waals surface area (Å²) < 4.78 is 40.9. The third-order valence-corrected chi connectivity index (χ3v) is 4.44. The number of rotatable bonds is 2. The van der Waals surface area contributed by atoms with Crippen LogP contribution in [0.5, 0.6) is 0 Å². The van der Waals surface area contributed by atoms with Gasteiger partial charge in [0.1, 0.15) is 5.65 Å². The minimum Gasteiger partial charge on any atom is -0.339 e. The first-order valence-electron chi connectivity index (χ1n) is 8.58. The lowest BCUT2D eigenvalue weighted by atomic mass is 10.1. The predicted molar refractivity (Wildman–Crippen MR) is 100 cm³/mol. The molecule has 0 fully saturated rings. The molecule has 10 heteroatoms. The monoisotopic (exact) mass is 400 g/mol. The van der Waals surface area contributed by atoms with Gasteiger partial charge in [-0.05, 0) is 43.7 Å². The maximum Gasteiger partial charge on any atom is 0.434 e. The number of hydrogen-bond donors (Lipinski definition) is 2. The van der Waals surface area contributed by atoms with Gasteiger partial charge in [0.15, 0.2) is 5.69 Å². The molecular weight excluding hydrogens is 385 g/mol. The van der Waals surface area contributed by atoms with E-state index in [-0.39, 0.29) is 11.3 Å². The van der Waals surface area contributed by atoms with Gasteiger partial charge >= 0.3 is 12.2 Å². The molecule has 148 valence electrons. The Morgan fingerprint density at radius 3 is 2.69 bits per heavy atom. The summed E-state index contributed by atoms with van der Waals surface area (Å²) in [6, 6.07) is 5.46. The van der Waals surface area contributed by atoms with E-state index < -0.39 is 17.9 Å². The number of hydrogen-bond acceptors (Lipinski definition) is 4. The molecule has 0 aliphatic heterocycles. The quantitative estimate of drug-likeness (QED) is 0.517. The van der Waals surface area contributed by atoms with E-state index in [2.05, 4.69) is 25.4 Å². The van der Waals surface area contributed by atoms with Crippen molar-refractivity contribution in [2.24, 2.45) is 0 Å². The van der Waals surface area contributed by atoms with Gasteiger partial charge in [-0.2, -0.15) is 23.0 Å². The van der Waals surface area contributed by atoms with Gasteiger partial charge in [0.25, 0.3) is 0 Å². The summed E-state index contributed by atoms with van der Waals surface area (Å²) in [5.74, 6) is 0. The largest absolute Gasteiger partial charge is 0.434 e. The summed E-state index contributed by atoms with van der Waals surface area (Å²) in [6.07, 6.45) is -0.468. The van der Waals surface area contributed by atoms with E-state index in [1.54, 1.807) is 19.2 Å². The summed E-state index contributed by atoms with van der Waals surface area (Å²) in [6.45, 7) is 3.64. The summed E-state index contributed by atoms with van der Waals surface area (Å²) in [4.78, 5) is 22.8. The molecule has 0 radical (unpaired) electrons. The highest BCUT2D eigenvalue weighted by Crippen LogP contribution is 2.36. The Labute approximate surface area is 162 Å². The molecule has 1 amide bonds. The van der Waals surface area contributed by atoms with E-state index in [0.717, 1.165) is 17.5 Å². The van der Waals surface area contributed by atoms with Crippen LogP contribution in [0.3, 0.4) is 0 Å². The second-order valence-corrected chi connectivity index (χ2v) is 6.51. The number of pyridine rings is 2. The minimum absolute atomic E-state index is 0.0777. The average molecular weight is 400 g/mol. The van der Waals surface area contributed by atoms with Gasteiger partial charge in [0.05, 0.1) is 17.6 Å². The summed E-state index contributed by atoms with van der Waals surface area (Å²) in [7, 11) is 0. The van der Waals surface area contributed by atoms with Gasteiger partial charge in [-0.25, -0.2) is 9.78 Å². The number of nitrogens with zero attached hydrogens (tertiary/aromatic N) is 4. The average Bonchev–Trinajstić information content (AvgIpc) is 3.24. The molecule has 0 saturated heterocycles. The fraction of sp³-hybridized carbons (Fsp3) is 0.158. The molecule has 2 N–H and O–H groups in total. The van der Waals surface area contributed by atoms with Crippen LogP contribution in [0, 0.1) is 13.8 Å². The Morgan fingerprint density at radius 1 is 1.21 bits per heavy atom. The molecule has 4 aromatic heterocycles. The van der Waals surface area contributed by atoms with Crippen LogP contribution in [0.4, 0.5) is 23.7 Å². The number of aromatic amines is 1. The van der Waals surface area contributed by atoms with Crippen LogP contribution in [0.15, 0.2) is 42.9 Å². The Bertz CT molecular complexity index is 1200. The van der Waals surface area contributed by atoms with Crippen molar-refractivity contribution in [3.63, 3.8) is 0 Å². The number of fused-ring (bicyclic) bond motifs is 1. The van der Waals surface area contributed by atoms with Crippen molar-refractivity contribution in [3.8, 4) is 11.3 Å². The lowest BCUT2D eigenvalue weighted by Gasteiger charge is -2.09. The molecule has 0 aromatic carbocycles. The first-order valence-corrected chi connectivity index (χ1v) is 8.58. The van der Waals surface area contributed by atoms with Crippen LogP contribution in [0.25, 0.3) is 22.3 Å². The molecule has 0 atom stereocenters. The Hall–Kier alpha value is -3.69. The van der Waals surface area contributed by atoms with Gasteiger partial charge in [-0.3, -0.25) is 4.98 Å². The molecule has 0 aliphatic rings. The molecule has 0 unspecified atom stereocenters. The zero-order chi connectivity index (χ0) is 20.8. The van der Waals surface area contributed by atoms with Gasteiger partial charge < -0.3 is 10.3 Å². The second-order valence-electron chi connectivity index (χ2n) is 6.51. The van der Waals surface area contributed by atoms with Gasteiger partial charge in [-0.1, -0.05) is 0 Å². The zero-order valence-corrected chi connectivity index (χ0v) is 15.4. The normalized spacial score (nSPS) is 11.8. The number of carbonyl (C=O) groups is 1. The predicted octanol–water partition coefficient (Wildman–Crippen LogP) is 4.54. The van der Waals surface area contributed by atoms with E-state index in [4.69, 9.17) is 0 Å². The van der Waals surface area contributed by atoms with Gasteiger partial charge in [0, 0.05) is 29.0 Å². The molecule has 4 aromatic rings. The fourth-order valence-corrected chi connectivity index (χ4v) is 2.91. The number of H-pyrrole nitrogens is 1. The molecule has 0 bridgehead atoms. The lowest BCUT2D eigenvalue weighted by molar-refractivity contribution is -0.140. The highest BCUT2D eigenvalue weighted by molar-refractivity contribution is 5.93. The van der Waals surface area contributed by atoms with Crippen molar-refractivity contribution >= 4 is 22.8 Å². The van der Waals surface area contributed by atoms with E-state index in [9.17, 15) is 18.0 Å². The zero-order valence-electron chi connectivity index (χ0n) is 15.4. The molecule has 0 aliphatic carbocycles. The van der Waals surface area contributed by atoms with Gasteiger partial charge in [-0.15, -0.1) is 0 Å². The standard InChI is InChI=1S/C19H15F3N6O/c1-10-9-28(27-11(10)2)18(29)25-13-6-12-7-15(26-17(12)24-8-13)14-4-3-5-23-16(14)19(20,21)22/h3-9H,1-2H3,(H,24,26)(H,25,29). The third kappa shape index (κ3) is 3.56. The minimum atomic E-state index is -4.58. The maximum absolute atomic E-state index is 13.2.